The van der Waals surface area contributed by atoms with E-state index in [-0.39, 0.29) is 11.2 Å². The third kappa shape index (κ3) is 1.57. The van der Waals surface area contributed by atoms with Gasteiger partial charge in [-0.2, -0.15) is 0 Å². The van der Waals surface area contributed by atoms with E-state index in [9.17, 15) is 0 Å². The van der Waals surface area contributed by atoms with E-state index >= 15 is 0 Å². The van der Waals surface area contributed by atoms with E-state index in [2.05, 4.69) is 40.3 Å². The van der Waals surface area contributed by atoms with Crippen LogP contribution in [-0.2, 0) is 4.74 Å². The Labute approximate surface area is 99.6 Å². The minimum Gasteiger partial charge on any atom is -0.360 e. The zero-order chi connectivity index (χ0) is 12.0. The van der Waals surface area contributed by atoms with Crippen LogP contribution < -0.4 is 0 Å². The molecule has 2 aliphatic rings. The molecule has 1 heterocycles. The van der Waals surface area contributed by atoms with E-state index in [0.29, 0.717) is 5.92 Å². The summed E-state index contributed by atoms with van der Waals surface area (Å²) in [4.78, 5) is 0. The molecule has 0 radical (unpaired) electrons. The fraction of sp³-hybridized carbons (Fsp3) is 0.733. The Morgan fingerprint density at radius 2 is 2.12 bits per heavy atom. The minimum atomic E-state index is -0.125. The number of ether oxygens (including phenoxy) is 1. The third-order valence-electron chi connectivity index (χ3n) is 4.89. The first-order chi connectivity index (χ1) is 7.43. The van der Waals surface area contributed by atoms with E-state index in [4.69, 9.17) is 4.74 Å². The van der Waals surface area contributed by atoms with Crippen molar-refractivity contribution in [2.45, 2.75) is 58.2 Å². The van der Waals surface area contributed by atoms with Crippen molar-refractivity contribution in [1.82, 2.24) is 0 Å². The summed E-state index contributed by atoms with van der Waals surface area (Å²) in [6.07, 6.45) is 7.78. The Morgan fingerprint density at radius 3 is 2.69 bits per heavy atom. The predicted octanol–water partition coefficient (Wildman–Crippen LogP) is 4.10. The molecule has 0 saturated carbocycles. The lowest BCUT2D eigenvalue weighted by Gasteiger charge is -2.44. The predicted molar refractivity (Wildman–Crippen MR) is 68.4 cm³/mol. The van der Waals surface area contributed by atoms with E-state index in [0.717, 1.165) is 18.8 Å². The molecule has 0 bridgehead atoms. The summed E-state index contributed by atoms with van der Waals surface area (Å²) in [5, 5.41) is 0. The highest BCUT2D eigenvalue weighted by Gasteiger charge is 2.51. The van der Waals surface area contributed by atoms with E-state index in [1.807, 2.05) is 6.08 Å². The van der Waals surface area contributed by atoms with Crippen LogP contribution in [0, 0.1) is 11.8 Å². The Bertz CT molecular complexity index is 330. The zero-order valence-corrected chi connectivity index (χ0v) is 11.0. The van der Waals surface area contributed by atoms with Gasteiger partial charge in [-0.05, 0) is 50.5 Å². The average Bonchev–Trinajstić information content (AvgIpc) is 2.63. The standard InChI is InChI=1S/C15H24O/c1-6-14(5)9-10-15(16-14)12(3)8-7-11(2)13(15)4/h6,8,11,13H,1,7,9-10H2,2-5H3/t11-,13-,14+,15+/m1/s1. The molecule has 0 aromatic carbocycles. The maximum atomic E-state index is 6.44. The fourth-order valence-electron chi connectivity index (χ4n) is 3.25. The lowest BCUT2D eigenvalue weighted by molar-refractivity contribution is -0.0924. The Balaban J connectivity index is 2.34. The largest absolute Gasteiger partial charge is 0.360 e. The third-order valence-corrected chi connectivity index (χ3v) is 4.89. The van der Waals surface area contributed by atoms with Crippen LogP contribution >= 0.6 is 0 Å². The molecule has 1 heteroatoms. The summed E-state index contributed by atoms with van der Waals surface area (Å²) in [5.41, 5.74) is 1.30. The molecule has 4 atom stereocenters. The molecule has 1 aliphatic heterocycles. The molecule has 1 fully saturated rings. The van der Waals surface area contributed by atoms with Crippen LogP contribution in [0.4, 0.5) is 0 Å². The van der Waals surface area contributed by atoms with Gasteiger partial charge in [0.05, 0.1) is 11.2 Å². The van der Waals surface area contributed by atoms with Crippen molar-refractivity contribution in [3.63, 3.8) is 0 Å². The van der Waals surface area contributed by atoms with Crippen LogP contribution in [0.2, 0.25) is 0 Å². The van der Waals surface area contributed by atoms with Crippen LogP contribution in [0.25, 0.3) is 0 Å². The highest BCUT2D eigenvalue weighted by Crippen LogP contribution is 2.51. The highest BCUT2D eigenvalue weighted by molar-refractivity contribution is 5.25. The van der Waals surface area contributed by atoms with Gasteiger partial charge in [0, 0.05) is 0 Å². The van der Waals surface area contributed by atoms with Gasteiger partial charge in [-0.15, -0.1) is 6.58 Å². The van der Waals surface area contributed by atoms with Crippen LogP contribution in [0.5, 0.6) is 0 Å². The van der Waals surface area contributed by atoms with Gasteiger partial charge < -0.3 is 4.74 Å². The molecule has 0 unspecified atom stereocenters. The second-order valence-electron chi connectivity index (χ2n) is 5.90. The number of allylic oxidation sites excluding steroid dienone is 1. The maximum Gasteiger partial charge on any atom is 0.0929 e. The lowest BCUT2D eigenvalue weighted by atomic mass is 9.69. The van der Waals surface area contributed by atoms with E-state index in [1.54, 1.807) is 0 Å². The second-order valence-corrected chi connectivity index (χ2v) is 5.90. The van der Waals surface area contributed by atoms with Gasteiger partial charge in [0.2, 0.25) is 0 Å². The maximum absolute atomic E-state index is 6.44. The van der Waals surface area contributed by atoms with Crippen molar-refractivity contribution in [3.05, 3.63) is 24.3 Å². The van der Waals surface area contributed by atoms with Crippen LogP contribution in [0.3, 0.4) is 0 Å². The summed E-state index contributed by atoms with van der Waals surface area (Å²) in [6.45, 7) is 13.0. The molecule has 0 N–H and O–H groups in total. The van der Waals surface area contributed by atoms with Crippen molar-refractivity contribution >= 4 is 0 Å². The molecular formula is C15H24O. The molecule has 16 heavy (non-hydrogen) atoms. The first kappa shape index (κ1) is 11.9. The van der Waals surface area contributed by atoms with Crippen LogP contribution in [0.15, 0.2) is 24.3 Å². The molecule has 2 rings (SSSR count). The van der Waals surface area contributed by atoms with Gasteiger partial charge in [-0.3, -0.25) is 0 Å². The number of hydrogen-bond acceptors (Lipinski definition) is 1. The van der Waals surface area contributed by atoms with Gasteiger partial charge >= 0.3 is 0 Å². The van der Waals surface area contributed by atoms with Crippen LogP contribution in [-0.4, -0.2) is 11.2 Å². The van der Waals surface area contributed by atoms with Gasteiger partial charge in [0.1, 0.15) is 0 Å². The van der Waals surface area contributed by atoms with Crippen molar-refractivity contribution in [1.29, 1.82) is 0 Å². The molecule has 1 saturated heterocycles. The lowest BCUT2D eigenvalue weighted by Crippen LogP contribution is -2.44. The van der Waals surface area contributed by atoms with Gasteiger partial charge in [0.25, 0.3) is 0 Å². The molecule has 0 amide bonds. The second kappa shape index (κ2) is 3.73. The summed E-state index contributed by atoms with van der Waals surface area (Å²) in [7, 11) is 0. The quantitative estimate of drug-likeness (QED) is 0.604. The van der Waals surface area contributed by atoms with Crippen molar-refractivity contribution < 1.29 is 4.74 Å². The molecule has 1 nitrogen and oxygen atoms in total. The van der Waals surface area contributed by atoms with Gasteiger partial charge in [0.15, 0.2) is 0 Å². The van der Waals surface area contributed by atoms with E-state index < -0.39 is 0 Å². The summed E-state index contributed by atoms with van der Waals surface area (Å²) >= 11 is 0. The monoisotopic (exact) mass is 220 g/mol. The number of hydrogen-bond donors (Lipinski definition) is 0. The molecule has 90 valence electrons. The molecule has 1 spiro atoms. The fourth-order valence-corrected chi connectivity index (χ4v) is 3.25. The highest BCUT2D eigenvalue weighted by atomic mass is 16.5. The van der Waals surface area contributed by atoms with E-state index in [1.165, 1.54) is 12.0 Å². The first-order valence-corrected chi connectivity index (χ1v) is 6.44. The van der Waals surface area contributed by atoms with Gasteiger partial charge in [-0.1, -0.05) is 26.0 Å². The smallest absolute Gasteiger partial charge is 0.0929 e. The Kier molecular flexibility index (Phi) is 2.78. The van der Waals surface area contributed by atoms with Crippen molar-refractivity contribution in [3.8, 4) is 0 Å². The van der Waals surface area contributed by atoms with Crippen molar-refractivity contribution in [2.75, 3.05) is 0 Å². The molecule has 0 aromatic heterocycles. The minimum absolute atomic E-state index is 0.0133. The first-order valence-electron chi connectivity index (χ1n) is 6.44. The Hall–Kier alpha value is -0.560. The average molecular weight is 220 g/mol. The summed E-state index contributed by atoms with van der Waals surface area (Å²) in [5.74, 6) is 1.33. The number of rotatable bonds is 1. The van der Waals surface area contributed by atoms with Gasteiger partial charge in [-0.25, -0.2) is 0 Å². The SMILES string of the molecule is C=C[C@@]1(C)CC[C@]2(O1)C(C)=CC[C@@H](C)[C@H]2C. The Morgan fingerprint density at radius 1 is 1.44 bits per heavy atom. The topological polar surface area (TPSA) is 9.23 Å². The van der Waals surface area contributed by atoms with Crippen LogP contribution in [0.1, 0.15) is 47.0 Å². The summed E-state index contributed by atoms with van der Waals surface area (Å²) < 4.78 is 6.44. The molecule has 0 aromatic rings. The summed E-state index contributed by atoms with van der Waals surface area (Å²) in [6, 6.07) is 0. The van der Waals surface area contributed by atoms with Crippen molar-refractivity contribution in [2.24, 2.45) is 11.8 Å². The zero-order valence-electron chi connectivity index (χ0n) is 11.0. The molecule has 1 aliphatic carbocycles. The molecular weight excluding hydrogens is 196 g/mol. The normalized spacial score (nSPS) is 48.1.